The predicted octanol–water partition coefficient (Wildman–Crippen LogP) is 3.87. The summed E-state index contributed by atoms with van der Waals surface area (Å²) in [5.41, 5.74) is 3.22. The predicted molar refractivity (Wildman–Crippen MR) is 74.5 cm³/mol. The third kappa shape index (κ3) is 1.95. The third-order valence-electron chi connectivity index (χ3n) is 3.36. The summed E-state index contributed by atoms with van der Waals surface area (Å²) in [4.78, 5) is 12.3. The van der Waals surface area contributed by atoms with Gasteiger partial charge in [-0.3, -0.25) is 4.79 Å². The first-order valence-corrected chi connectivity index (χ1v) is 6.22. The van der Waals surface area contributed by atoms with Crippen LogP contribution in [0.1, 0.15) is 27.6 Å². The van der Waals surface area contributed by atoms with Crippen molar-refractivity contribution in [1.82, 2.24) is 0 Å². The molecule has 0 unspecified atom stereocenters. The van der Waals surface area contributed by atoms with Gasteiger partial charge in [0.1, 0.15) is 5.75 Å². The maximum atomic E-state index is 12.3. The highest BCUT2D eigenvalue weighted by atomic mass is 16.5. The van der Waals surface area contributed by atoms with Gasteiger partial charge in [-0.1, -0.05) is 48.5 Å². The Balaban J connectivity index is 2.04. The molecule has 1 aliphatic heterocycles. The quantitative estimate of drug-likeness (QED) is 0.718. The van der Waals surface area contributed by atoms with Crippen LogP contribution >= 0.6 is 0 Å². The van der Waals surface area contributed by atoms with Gasteiger partial charge in [-0.15, -0.1) is 0 Å². The molecule has 1 heterocycles. The van der Waals surface area contributed by atoms with Crippen molar-refractivity contribution in [3.05, 3.63) is 77.4 Å². The van der Waals surface area contributed by atoms with E-state index in [1.165, 1.54) is 5.56 Å². The number of Topliss-reactive ketones (excluding diaryl/α,β-unsaturated/α-hetero) is 1. The number of ketones is 1. The molecule has 2 nitrogen and oxygen atoms in total. The van der Waals surface area contributed by atoms with Gasteiger partial charge in [-0.05, 0) is 24.6 Å². The molecule has 1 atom stereocenters. The molecular weight excluding hydrogens is 236 g/mol. The van der Waals surface area contributed by atoms with Crippen molar-refractivity contribution >= 4 is 5.78 Å². The van der Waals surface area contributed by atoms with E-state index in [2.05, 4.69) is 6.58 Å². The van der Waals surface area contributed by atoms with Crippen LogP contribution in [0, 0.1) is 6.92 Å². The molecule has 2 heteroatoms. The fourth-order valence-electron chi connectivity index (χ4n) is 2.26. The van der Waals surface area contributed by atoms with E-state index in [1.807, 2.05) is 49.4 Å². The highest BCUT2D eigenvalue weighted by molar-refractivity contribution is 6.11. The lowest BCUT2D eigenvalue weighted by molar-refractivity contribution is 0.0962. The average molecular weight is 250 g/mol. The van der Waals surface area contributed by atoms with Gasteiger partial charge in [0.25, 0.3) is 0 Å². The zero-order chi connectivity index (χ0) is 13.4. The Morgan fingerprint density at radius 3 is 2.47 bits per heavy atom. The molecule has 19 heavy (non-hydrogen) atoms. The second-order valence-corrected chi connectivity index (χ2v) is 4.76. The fourth-order valence-corrected chi connectivity index (χ4v) is 2.26. The first kappa shape index (κ1) is 11.7. The van der Waals surface area contributed by atoms with Crippen molar-refractivity contribution in [1.29, 1.82) is 0 Å². The van der Waals surface area contributed by atoms with Gasteiger partial charge in [0, 0.05) is 5.57 Å². The van der Waals surface area contributed by atoms with Crippen molar-refractivity contribution < 1.29 is 9.53 Å². The maximum absolute atomic E-state index is 12.3. The molecule has 0 saturated heterocycles. The van der Waals surface area contributed by atoms with Crippen LogP contribution in [0.2, 0.25) is 0 Å². The standard InChI is InChI=1S/C17H14O2/c1-11-7-9-13(10-8-11)17-12(2)16(18)14-5-3-4-6-15(14)19-17/h3-10,17H,2H2,1H3/t17-/m0/s1. The highest BCUT2D eigenvalue weighted by Crippen LogP contribution is 2.37. The second kappa shape index (κ2) is 4.39. The van der Waals surface area contributed by atoms with Crippen molar-refractivity contribution in [2.75, 3.05) is 0 Å². The van der Waals surface area contributed by atoms with Crippen molar-refractivity contribution in [2.45, 2.75) is 13.0 Å². The van der Waals surface area contributed by atoms with Crippen molar-refractivity contribution in [2.24, 2.45) is 0 Å². The summed E-state index contributed by atoms with van der Waals surface area (Å²) in [5, 5.41) is 0. The highest BCUT2D eigenvalue weighted by Gasteiger charge is 2.30. The van der Waals surface area contributed by atoms with E-state index in [-0.39, 0.29) is 11.9 Å². The first-order valence-electron chi connectivity index (χ1n) is 6.22. The molecule has 0 radical (unpaired) electrons. The van der Waals surface area contributed by atoms with Crippen molar-refractivity contribution in [3.63, 3.8) is 0 Å². The Bertz CT molecular complexity index is 653. The smallest absolute Gasteiger partial charge is 0.196 e. The number of ether oxygens (including phenoxy) is 1. The van der Waals surface area contributed by atoms with Gasteiger partial charge in [-0.25, -0.2) is 0 Å². The second-order valence-electron chi connectivity index (χ2n) is 4.76. The van der Waals surface area contributed by atoms with E-state index >= 15 is 0 Å². The molecule has 0 aliphatic carbocycles. The summed E-state index contributed by atoms with van der Waals surface area (Å²) in [5.74, 6) is 0.595. The van der Waals surface area contributed by atoms with Gasteiger partial charge >= 0.3 is 0 Å². The summed E-state index contributed by atoms with van der Waals surface area (Å²) in [7, 11) is 0. The van der Waals surface area contributed by atoms with Crippen LogP contribution in [-0.2, 0) is 0 Å². The van der Waals surface area contributed by atoms with Gasteiger partial charge in [0.15, 0.2) is 11.9 Å². The zero-order valence-electron chi connectivity index (χ0n) is 10.7. The molecular formula is C17H14O2. The van der Waals surface area contributed by atoms with Crippen LogP contribution in [0.3, 0.4) is 0 Å². The van der Waals surface area contributed by atoms with E-state index < -0.39 is 0 Å². The molecule has 3 rings (SSSR count). The largest absolute Gasteiger partial charge is 0.480 e. The van der Waals surface area contributed by atoms with Crippen LogP contribution in [0.15, 0.2) is 60.7 Å². The van der Waals surface area contributed by atoms with E-state index in [1.54, 1.807) is 6.07 Å². The number of hydrogen-bond acceptors (Lipinski definition) is 2. The molecule has 2 aromatic carbocycles. The van der Waals surface area contributed by atoms with Crippen LogP contribution in [0.25, 0.3) is 0 Å². The van der Waals surface area contributed by atoms with E-state index in [9.17, 15) is 4.79 Å². The molecule has 0 aromatic heterocycles. The lowest BCUT2D eigenvalue weighted by Crippen LogP contribution is -2.23. The molecule has 0 spiro atoms. The number of hydrogen-bond donors (Lipinski definition) is 0. The molecule has 0 amide bonds. The van der Waals surface area contributed by atoms with Crippen LogP contribution in [0.5, 0.6) is 5.75 Å². The summed E-state index contributed by atoms with van der Waals surface area (Å²) in [6.45, 7) is 5.93. The Kier molecular flexibility index (Phi) is 2.71. The van der Waals surface area contributed by atoms with E-state index in [0.29, 0.717) is 16.9 Å². The number of carbonyl (C=O) groups excluding carboxylic acids is 1. The minimum absolute atomic E-state index is 0.0348. The molecule has 0 bridgehead atoms. The monoisotopic (exact) mass is 250 g/mol. The zero-order valence-corrected chi connectivity index (χ0v) is 10.7. The molecule has 0 saturated carbocycles. The Labute approximate surface area is 112 Å². The summed E-state index contributed by atoms with van der Waals surface area (Å²) in [6.07, 6.45) is -0.386. The Morgan fingerprint density at radius 1 is 1.05 bits per heavy atom. The summed E-state index contributed by atoms with van der Waals surface area (Å²) in [6, 6.07) is 15.3. The van der Waals surface area contributed by atoms with Crippen LogP contribution in [-0.4, -0.2) is 5.78 Å². The van der Waals surface area contributed by atoms with Gasteiger partial charge in [-0.2, -0.15) is 0 Å². The molecule has 0 N–H and O–H groups in total. The lowest BCUT2D eigenvalue weighted by Gasteiger charge is -2.27. The number of fused-ring (bicyclic) bond motifs is 1. The van der Waals surface area contributed by atoms with Crippen molar-refractivity contribution in [3.8, 4) is 5.75 Å². The Hall–Kier alpha value is -2.35. The minimum atomic E-state index is -0.386. The summed E-state index contributed by atoms with van der Waals surface area (Å²) >= 11 is 0. The minimum Gasteiger partial charge on any atom is -0.480 e. The number of carbonyl (C=O) groups is 1. The van der Waals surface area contributed by atoms with E-state index in [4.69, 9.17) is 4.74 Å². The van der Waals surface area contributed by atoms with Gasteiger partial charge < -0.3 is 4.74 Å². The Morgan fingerprint density at radius 2 is 1.74 bits per heavy atom. The maximum Gasteiger partial charge on any atom is 0.196 e. The molecule has 2 aromatic rings. The fraction of sp³-hybridized carbons (Fsp3) is 0.118. The topological polar surface area (TPSA) is 26.3 Å². The first-order chi connectivity index (χ1) is 9.16. The molecule has 1 aliphatic rings. The average Bonchev–Trinajstić information content (AvgIpc) is 2.44. The number of aryl methyl sites for hydroxylation is 1. The SMILES string of the molecule is C=C1C(=O)c2ccccc2O[C@@H]1c1ccc(C)cc1. The van der Waals surface area contributed by atoms with Gasteiger partial charge in [0.05, 0.1) is 5.56 Å². The number of para-hydroxylation sites is 1. The van der Waals surface area contributed by atoms with Crippen LogP contribution < -0.4 is 4.74 Å². The normalized spacial score (nSPS) is 17.8. The molecule has 0 fully saturated rings. The molecule has 94 valence electrons. The van der Waals surface area contributed by atoms with Crippen LogP contribution in [0.4, 0.5) is 0 Å². The number of benzene rings is 2. The summed E-state index contributed by atoms with van der Waals surface area (Å²) < 4.78 is 5.92. The van der Waals surface area contributed by atoms with E-state index in [0.717, 1.165) is 5.56 Å². The third-order valence-corrected chi connectivity index (χ3v) is 3.36. The lowest BCUT2D eigenvalue weighted by atomic mass is 9.92. The van der Waals surface area contributed by atoms with Gasteiger partial charge in [0.2, 0.25) is 0 Å². The number of rotatable bonds is 1.